The van der Waals surface area contributed by atoms with Gasteiger partial charge in [0.1, 0.15) is 0 Å². The number of rotatable bonds is 6. The maximum atomic E-state index is 8.74. The molecular weight excluding hydrogens is 230 g/mol. The summed E-state index contributed by atoms with van der Waals surface area (Å²) in [4.78, 5) is 2.52. The van der Waals surface area contributed by atoms with Gasteiger partial charge >= 0.3 is 10.4 Å². The number of unbranched alkanes of at least 4 members (excludes halogenated alkanes) is 1. The lowest BCUT2D eigenvalue weighted by Gasteiger charge is -2.26. The topological polar surface area (TPSA) is 77.8 Å². The highest BCUT2D eigenvalue weighted by Gasteiger charge is 2.07. The Labute approximate surface area is 99.4 Å². The Morgan fingerprint density at radius 1 is 1.12 bits per heavy atom. The van der Waals surface area contributed by atoms with Crippen molar-refractivity contribution < 1.29 is 17.5 Å². The Morgan fingerprint density at radius 3 is 1.75 bits per heavy atom. The fraction of sp³-hybridized carbons (Fsp3) is 1.00. The van der Waals surface area contributed by atoms with Crippen molar-refractivity contribution in [2.45, 2.75) is 53.0 Å². The van der Waals surface area contributed by atoms with Crippen LogP contribution >= 0.6 is 0 Å². The molecule has 100 valence electrons. The molecule has 0 aliphatic carbocycles. The van der Waals surface area contributed by atoms with E-state index in [2.05, 4.69) is 32.6 Å². The molecule has 6 heteroatoms. The molecule has 0 amide bonds. The van der Waals surface area contributed by atoms with Crippen LogP contribution in [0.4, 0.5) is 0 Å². The van der Waals surface area contributed by atoms with Gasteiger partial charge in [0.2, 0.25) is 0 Å². The molecule has 5 nitrogen and oxygen atoms in total. The van der Waals surface area contributed by atoms with E-state index in [1.54, 1.807) is 0 Å². The summed E-state index contributed by atoms with van der Waals surface area (Å²) in [5.74, 6) is 0. The molecule has 0 heterocycles. The Hall–Kier alpha value is -0.170. The van der Waals surface area contributed by atoms with Crippen molar-refractivity contribution in [3.63, 3.8) is 0 Å². The van der Waals surface area contributed by atoms with Gasteiger partial charge in [0.25, 0.3) is 0 Å². The van der Waals surface area contributed by atoms with Gasteiger partial charge < -0.3 is 4.90 Å². The van der Waals surface area contributed by atoms with Crippen LogP contribution in [-0.2, 0) is 10.4 Å². The lowest BCUT2D eigenvalue weighted by atomic mass is 10.1. The lowest BCUT2D eigenvalue weighted by molar-refractivity contribution is 0.218. The fourth-order valence-electron chi connectivity index (χ4n) is 1.53. The smallest absolute Gasteiger partial charge is 0.301 e. The van der Waals surface area contributed by atoms with Crippen molar-refractivity contribution in [2.24, 2.45) is 0 Å². The lowest BCUT2D eigenvalue weighted by Crippen LogP contribution is -2.32. The van der Waals surface area contributed by atoms with Crippen molar-refractivity contribution >= 4 is 10.4 Å². The van der Waals surface area contributed by atoms with E-state index in [9.17, 15) is 0 Å². The van der Waals surface area contributed by atoms with Gasteiger partial charge in [-0.3, -0.25) is 9.11 Å². The van der Waals surface area contributed by atoms with Gasteiger partial charge in [-0.25, -0.2) is 0 Å². The summed E-state index contributed by atoms with van der Waals surface area (Å²) in [6.07, 6.45) is 4.06. The zero-order chi connectivity index (χ0) is 13.2. The quantitative estimate of drug-likeness (QED) is 0.712. The van der Waals surface area contributed by atoms with Gasteiger partial charge in [0.15, 0.2) is 0 Å². The summed E-state index contributed by atoms with van der Waals surface area (Å²) >= 11 is 0. The summed E-state index contributed by atoms with van der Waals surface area (Å²) in [5.41, 5.74) is 0. The van der Waals surface area contributed by atoms with E-state index in [1.807, 2.05) is 0 Å². The van der Waals surface area contributed by atoms with E-state index < -0.39 is 10.4 Å². The van der Waals surface area contributed by atoms with Crippen LogP contribution in [0.3, 0.4) is 0 Å². The minimum absolute atomic E-state index is 0.782. The van der Waals surface area contributed by atoms with E-state index in [1.165, 1.54) is 32.4 Å². The molecule has 0 spiro atoms. The normalized spacial score (nSPS) is 13.2. The maximum absolute atomic E-state index is 8.74. The first kappa shape index (κ1) is 18.2. The predicted octanol–water partition coefficient (Wildman–Crippen LogP) is 2.25. The first-order valence-corrected chi connectivity index (χ1v) is 7.09. The summed E-state index contributed by atoms with van der Waals surface area (Å²) in [5, 5.41) is 0. The van der Waals surface area contributed by atoms with Crippen LogP contribution in [0.15, 0.2) is 0 Å². The minimum Gasteiger partial charge on any atom is -0.301 e. The molecule has 0 fully saturated rings. The van der Waals surface area contributed by atoms with E-state index in [-0.39, 0.29) is 0 Å². The van der Waals surface area contributed by atoms with Crippen LogP contribution in [0.2, 0.25) is 0 Å². The maximum Gasteiger partial charge on any atom is 0.394 e. The molecule has 0 aliphatic heterocycles. The van der Waals surface area contributed by atoms with Crippen LogP contribution in [0.1, 0.15) is 47.0 Å². The third kappa shape index (κ3) is 16.3. The van der Waals surface area contributed by atoms with Crippen molar-refractivity contribution in [1.29, 1.82) is 0 Å². The molecule has 1 atom stereocenters. The zero-order valence-electron chi connectivity index (χ0n) is 10.7. The van der Waals surface area contributed by atoms with Gasteiger partial charge in [0.05, 0.1) is 0 Å². The van der Waals surface area contributed by atoms with E-state index in [0.29, 0.717) is 0 Å². The molecule has 2 N–H and O–H groups in total. The second kappa shape index (κ2) is 10.0. The Bertz CT molecular complexity index is 229. The molecule has 1 unspecified atom stereocenters. The predicted molar refractivity (Wildman–Crippen MR) is 66.1 cm³/mol. The van der Waals surface area contributed by atoms with Crippen LogP contribution in [0.5, 0.6) is 0 Å². The second-order valence-electron chi connectivity index (χ2n) is 3.66. The highest BCUT2D eigenvalue weighted by atomic mass is 32.3. The number of hydrogen-bond donors (Lipinski definition) is 2. The molecule has 0 saturated carbocycles. The number of hydrogen-bond acceptors (Lipinski definition) is 3. The summed E-state index contributed by atoms with van der Waals surface area (Å²) in [6, 6.07) is 0.782. The van der Waals surface area contributed by atoms with Crippen molar-refractivity contribution in [2.75, 3.05) is 13.1 Å². The van der Waals surface area contributed by atoms with Crippen LogP contribution in [-0.4, -0.2) is 41.6 Å². The molecule has 16 heavy (non-hydrogen) atoms. The van der Waals surface area contributed by atoms with Gasteiger partial charge in [-0.2, -0.15) is 8.42 Å². The summed E-state index contributed by atoms with van der Waals surface area (Å²) in [6.45, 7) is 11.5. The van der Waals surface area contributed by atoms with E-state index in [4.69, 9.17) is 17.5 Å². The molecule has 0 aromatic heterocycles. The molecule has 0 bridgehead atoms. The largest absolute Gasteiger partial charge is 0.394 e. The Morgan fingerprint density at radius 2 is 1.50 bits per heavy atom. The van der Waals surface area contributed by atoms with Crippen molar-refractivity contribution in [1.82, 2.24) is 4.90 Å². The molecular formula is C10H25NO4S. The third-order valence-corrected chi connectivity index (χ3v) is 2.41. The van der Waals surface area contributed by atoms with Gasteiger partial charge in [-0.1, -0.05) is 33.6 Å². The second-order valence-corrected chi connectivity index (χ2v) is 4.56. The van der Waals surface area contributed by atoms with Crippen LogP contribution in [0, 0.1) is 0 Å². The molecule has 0 aromatic rings. The van der Waals surface area contributed by atoms with E-state index >= 15 is 0 Å². The minimum atomic E-state index is -4.67. The summed E-state index contributed by atoms with van der Waals surface area (Å²) in [7, 11) is -4.67. The monoisotopic (exact) mass is 255 g/mol. The first-order chi connectivity index (χ1) is 7.26. The van der Waals surface area contributed by atoms with Crippen molar-refractivity contribution in [3.05, 3.63) is 0 Å². The van der Waals surface area contributed by atoms with Crippen molar-refractivity contribution in [3.8, 4) is 0 Å². The van der Waals surface area contributed by atoms with Gasteiger partial charge in [0, 0.05) is 6.04 Å². The third-order valence-electron chi connectivity index (χ3n) is 2.41. The molecule has 0 saturated heterocycles. The van der Waals surface area contributed by atoms with Gasteiger partial charge in [-0.15, -0.1) is 0 Å². The van der Waals surface area contributed by atoms with E-state index in [0.717, 1.165) is 6.04 Å². The van der Waals surface area contributed by atoms with Gasteiger partial charge in [-0.05, 0) is 26.4 Å². The molecule has 0 radical (unpaired) electrons. The fourth-order valence-corrected chi connectivity index (χ4v) is 1.53. The highest BCUT2D eigenvalue weighted by Crippen LogP contribution is 2.06. The average molecular weight is 255 g/mol. The molecule has 0 aliphatic rings. The Kier molecular flexibility index (Phi) is 11.4. The summed E-state index contributed by atoms with van der Waals surface area (Å²) < 4.78 is 31.6. The van der Waals surface area contributed by atoms with Crippen LogP contribution in [0.25, 0.3) is 0 Å². The number of nitrogens with zero attached hydrogens (tertiary/aromatic N) is 1. The molecule has 0 aromatic carbocycles. The van der Waals surface area contributed by atoms with Crippen LogP contribution < -0.4 is 0 Å². The average Bonchev–Trinajstić information content (AvgIpc) is 2.14. The SMILES string of the molecule is CCCCC(C)N(CC)CC.O=S(=O)(O)O. The standard InChI is InChI=1S/C10H23N.H2O4S/c1-5-8-9-10(4)11(6-2)7-3;1-5(2,3)4/h10H,5-9H2,1-4H3;(H2,1,2,3,4). The first-order valence-electron chi connectivity index (χ1n) is 5.70. The molecule has 0 rings (SSSR count). The zero-order valence-corrected chi connectivity index (χ0v) is 11.5. The highest BCUT2D eigenvalue weighted by molar-refractivity contribution is 7.79. The Balaban J connectivity index is 0.